The number of nitrogens with one attached hydrogen (secondary N) is 1. The van der Waals surface area contributed by atoms with Gasteiger partial charge in [-0.25, -0.2) is 4.79 Å². The van der Waals surface area contributed by atoms with Crippen LogP contribution in [0.4, 0.5) is 5.69 Å². The molecule has 2 heterocycles. The van der Waals surface area contributed by atoms with Crippen molar-refractivity contribution < 1.29 is 14.3 Å². The average Bonchev–Trinajstić information content (AvgIpc) is 3.18. The molecule has 0 aliphatic heterocycles. The largest absolute Gasteiger partial charge is 0.495 e. The summed E-state index contributed by atoms with van der Waals surface area (Å²) in [7, 11) is 1.66. The first-order chi connectivity index (χ1) is 14.7. The summed E-state index contributed by atoms with van der Waals surface area (Å²) in [6.07, 6.45) is 1.97. The molecule has 5 heteroatoms. The number of aromatic nitrogens is 1. The number of pyridine rings is 1. The molecule has 1 atom stereocenters. The molecule has 4 aromatic rings. The van der Waals surface area contributed by atoms with Crippen molar-refractivity contribution in [2.45, 2.75) is 13.0 Å². The highest BCUT2D eigenvalue weighted by atomic mass is 16.5. The Morgan fingerprint density at radius 3 is 2.50 bits per heavy atom. The number of esters is 1. The van der Waals surface area contributed by atoms with Crippen LogP contribution in [0.25, 0.3) is 5.52 Å². The van der Waals surface area contributed by atoms with Crippen LogP contribution >= 0.6 is 0 Å². The summed E-state index contributed by atoms with van der Waals surface area (Å²) >= 11 is 0. The Bertz CT molecular complexity index is 1150. The van der Waals surface area contributed by atoms with Crippen molar-refractivity contribution in [3.05, 3.63) is 102 Å². The zero-order valence-corrected chi connectivity index (χ0v) is 17.0. The van der Waals surface area contributed by atoms with Crippen LogP contribution in [0, 0.1) is 0 Å². The van der Waals surface area contributed by atoms with Crippen molar-refractivity contribution in [2.24, 2.45) is 0 Å². The number of rotatable bonds is 7. The zero-order valence-electron chi connectivity index (χ0n) is 17.0. The Morgan fingerprint density at radius 1 is 1.00 bits per heavy atom. The van der Waals surface area contributed by atoms with Gasteiger partial charge in [-0.1, -0.05) is 48.5 Å². The molecule has 152 valence electrons. The van der Waals surface area contributed by atoms with Gasteiger partial charge in [0.2, 0.25) is 0 Å². The van der Waals surface area contributed by atoms with E-state index in [9.17, 15) is 4.79 Å². The third-order valence-electron chi connectivity index (χ3n) is 5.04. The number of benzene rings is 2. The second-order valence-electron chi connectivity index (χ2n) is 6.85. The average molecular weight is 400 g/mol. The van der Waals surface area contributed by atoms with Gasteiger partial charge in [0.05, 0.1) is 42.2 Å². The molecule has 0 aliphatic rings. The minimum absolute atomic E-state index is 0.208. The van der Waals surface area contributed by atoms with Crippen LogP contribution < -0.4 is 10.1 Å². The fourth-order valence-electron chi connectivity index (χ4n) is 3.67. The first kappa shape index (κ1) is 19.6. The SMILES string of the molecule is CCOC(=O)c1cc(C(Nc2ccccc2OC)c2ccccc2)n2ccccc12. The van der Waals surface area contributed by atoms with Gasteiger partial charge in [-0.15, -0.1) is 0 Å². The molecular formula is C25H24N2O3. The fraction of sp³-hybridized carbons (Fsp3) is 0.160. The van der Waals surface area contributed by atoms with Crippen molar-refractivity contribution >= 4 is 17.2 Å². The number of carbonyl (C=O) groups excluding carboxylic acids is 1. The highest BCUT2D eigenvalue weighted by Gasteiger charge is 2.23. The molecule has 2 aromatic carbocycles. The lowest BCUT2D eigenvalue weighted by Gasteiger charge is -2.22. The Morgan fingerprint density at radius 2 is 1.73 bits per heavy atom. The van der Waals surface area contributed by atoms with Crippen molar-refractivity contribution in [3.63, 3.8) is 0 Å². The summed E-state index contributed by atoms with van der Waals surface area (Å²) in [4.78, 5) is 12.6. The minimum Gasteiger partial charge on any atom is -0.495 e. The molecule has 30 heavy (non-hydrogen) atoms. The predicted octanol–water partition coefficient (Wildman–Crippen LogP) is 5.33. The van der Waals surface area contributed by atoms with Crippen LogP contribution in [-0.2, 0) is 4.74 Å². The number of anilines is 1. The summed E-state index contributed by atoms with van der Waals surface area (Å²) in [5.74, 6) is 0.432. The lowest BCUT2D eigenvalue weighted by molar-refractivity contribution is 0.0528. The Kier molecular flexibility index (Phi) is 5.70. The molecule has 0 aliphatic carbocycles. The number of methoxy groups -OCH3 is 1. The summed E-state index contributed by atoms with van der Waals surface area (Å²) in [5.41, 5.74) is 4.24. The van der Waals surface area contributed by atoms with Crippen molar-refractivity contribution in [1.29, 1.82) is 0 Å². The van der Waals surface area contributed by atoms with Crippen LogP contribution in [0.1, 0.15) is 34.6 Å². The lowest BCUT2D eigenvalue weighted by atomic mass is 10.0. The Hall–Kier alpha value is -3.73. The molecule has 0 saturated heterocycles. The standard InChI is InChI=1S/C25H24N2O3/c1-3-30-25(28)19-17-22(27-16-10-9-14-21(19)27)24(18-11-5-4-6-12-18)26-20-13-7-8-15-23(20)29-2/h4-17,24,26H,3H2,1-2H3. The third kappa shape index (κ3) is 3.74. The number of hydrogen-bond acceptors (Lipinski definition) is 4. The van der Waals surface area contributed by atoms with Gasteiger partial charge in [0.15, 0.2) is 0 Å². The van der Waals surface area contributed by atoms with E-state index in [0.29, 0.717) is 12.2 Å². The van der Waals surface area contributed by atoms with Crippen LogP contribution in [0.2, 0.25) is 0 Å². The summed E-state index contributed by atoms with van der Waals surface area (Å²) in [5, 5.41) is 3.61. The van der Waals surface area contributed by atoms with Gasteiger partial charge in [0.1, 0.15) is 5.75 Å². The van der Waals surface area contributed by atoms with Gasteiger partial charge in [0.25, 0.3) is 0 Å². The van der Waals surface area contributed by atoms with Gasteiger partial charge >= 0.3 is 5.97 Å². The first-order valence-corrected chi connectivity index (χ1v) is 9.94. The molecule has 0 amide bonds. The van der Waals surface area contributed by atoms with Gasteiger partial charge in [0, 0.05) is 6.20 Å². The van der Waals surface area contributed by atoms with E-state index in [4.69, 9.17) is 9.47 Å². The van der Waals surface area contributed by atoms with E-state index in [-0.39, 0.29) is 12.0 Å². The Balaban J connectivity index is 1.88. The number of ether oxygens (including phenoxy) is 2. The van der Waals surface area contributed by atoms with E-state index >= 15 is 0 Å². The highest BCUT2D eigenvalue weighted by Crippen LogP contribution is 2.33. The lowest BCUT2D eigenvalue weighted by Crippen LogP contribution is -2.15. The van der Waals surface area contributed by atoms with E-state index < -0.39 is 0 Å². The Labute approximate surface area is 175 Å². The van der Waals surface area contributed by atoms with Crippen LogP contribution in [0.3, 0.4) is 0 Å². The van der Waals surface area contributed by atoms with E-state index in [1.54, 1.807) is 7.11 Å². The molecule has 0 bridgehead atoms. The number of para-hydroxylation sites is 2. The summed E-state index contributed by atoms with van der Waals surface area (Å²) in [6, 6.07) is 25.5. The molecule has 0 fully saturated rings. The molecule has 1 N–H and O–H groups in total. The van der Waals surface area contributed by atoms with Gasteiger partial charge in [-0.05, 0) is 42.8 Å². The van der Waals surface area contributed by atoms with Crippen molar-refractivity contribution in [1.82, 2.24) is 4.40 Å². The van der Waals surface area contributed by atoms with Gasteiger partial charge < -0.3 is 19.2 Å². The molecule has 1 unspecified atom stereocenters. The maximum absolute atomic E-state index is 12.6. The monoisotopic (exact) mass is 400 g/mol. The molecular weight excluding hydrogens is 376 g/mol. The quantitative estimate of drug-likeness (QED) is 0.426. The van der Waals surface area contributed by atoms with Gasteiger partial charge in [-0.2, -0.15) is 0 Å². The van der Waals surface area contributed by atoms with Crippen LogP contribution in [-0.4, -0.2) is 24.1 Å². The molecule has 0 spiro atoms. The summed E-state index contributed by atoms with van der Waals surface area (Å²) < 4.78 is 12.9. The molecule has 5 nitrogen and oxygen atoms in total. The van der Waals surface area contributed by atoms with E-state index in [1.807, 2.05) is 84.3 Å². The highest BCUT2D eigenvalue weighted by molar-refractivity contribution is 5.97. The minimum atomic E-state index is -0.323. The second-order valence-corrected chi connectivity index (χ2v) is 6.85. The normalized spacial score (nSPS) is 11.8. The zero-order chi connectivity index (χ0) is 20.9. The van der Waals surface area contributed by atoms with Crippen molar-refractivity contribution in [3.8, 4) is 5.75 Å². The number of carbonyl (C=O) groups is 1. The summed E-state index contributed by atoms with van der Waals surface area (Å²) in [6.45, 7) is 2.15. The number of fused-ring (bicyclic) bond motifs is 1. The number of nitrogens with zero attached hydrogens (tertiary/aromatic N) is 1. The van der Waals surface area contributed by atoms with E-state index in [1.165, 1.54) is 0 Å². The first-order valence-electron chi connectivity index (χ1n) is 9.94. The van der Waals surface area contributed by atoms with Crippen LogP contribution in [0.15, 0.2) is 85.1 Å². The van der Waals surface area contributed by atoms with Crippen LogP contribution in [0.5, 0.6) is 5.75 Å². The molecule has 0 radical (unpaired) electrons. The maximum Gasteiger partial charge on any atom is 0.340 e. The molecule has 2 aromatic heterocycles. The molecule has 4 rings (SSSR count). The maximum atomic E-state index is 12.6. The van der Waals surface area contributed by atoms with Crippen molar-refractivity contribution in [2.75, 3.05) is 19.0 Å². The smallest absolute Gasteiger partial charge is 0.340 e. The molecule has 0 saturated carbocycles. The second kappa shape index (κ2) is 8.74. The predicted molar refractivity (Wildman–Crippen MR) is 118 cm³/mol. The topological polar surface area (TPSA) is 52.0 Å². The fourth-order valence-corrected chi connectivity index (χ4v) is 3.67. The van der Waals surface area contributed by atoms with Gasteiger partial charge in [-0.3, -0.25) is 0 Å². The van der Waals surface area contributed by atoms with E-state index in [2.05, 4.69) is 17.4 Å². The van der Waals surface area contributed by atoms with E-state index in [0.717, 1.165) is 28.2 Å². The third-order valence-corrected chi connectivity index (χ3v) is 5.04. The number of hydrogen-bond donors (Lipinski definition) is 1.